The lowest BCUT2D eigenvalue weighted by Gasteiger charge is -2.22. The van der Waals surface area contributed by atoms with Crippen molar-refractivity contribution >= 4 is 0 Å². The van der Waals surface area contributed by atoms with E-state index in [0.717, 1.165) is 29.6 Å². The Labute approximate surface area is 210 Å². The molecule has 0 heteroatoms. The highest BCUT2D eigenvalue weighted by atomic mass is 14.2. The zero-order valence-corrected chi connectivity index (χ0v) is 23.1. The van der Waals surface area contributed by atoms with Crippen molar-refractivity contribution in [3.63, 3.8) is 0 Å². The average molecular weight is 457 g/mol. The Morgan fingerprint density at radius 2 is 0.788 bits per heavy atom. The molecule has 3 aliphatic rings. The lowest BCUT2D eigenvalue weighted by Crippen LogP contribution is -2.08. The topological polar surface area (TPSA) is 0 Å². The lowest BCUT2D eigenvalue weighted by molar-refractivity contribution is 0.308. The van der Waals surface area contributed by atoms with Gasteiger partial charge in [0, 0.05) is 0 Å². The minimum absolute atomic E-state index is 0. The van der Waals surface area contributed by atoms with E-state index in [9.17, 15) is 0 Å². The molecule has 1 aromatic rings. The molecule has 33 heavy (non-hydrogen) atoms. The average Bonchev–Trinajstić information content (AvgIpc) is 2.78. The quantitative estimate of drug-likeness (QED) is 0.340. The SMILES string of the molecule is C.CC1=CCC(C)CC1.CC1CCC(C)CC1.CC1CCC(C)CC1.Cc1ccc(C)cc1. The molecule has 4 rings (SSSR count). The van der Waals surface area contributed by atoms with E-state index in [2.05, 4.69) is 85.7 Å². The molecule has 192 valence electrons. The third-order valence-electron chi connectivity index (χ3n) is 7.73. The molecule has 3 aliphatic carbocycles. The minimum atomic E-state index is 0. The van der Waals surface area contributed by atoms with E-state index in [1.807, 2.05) is 0 Å². The molecule has 0 spiro atoms. The van der Waals surface area contributed by atoms with Crippen LogP contribution < -0.4 is 0 Å². The predicted molar refractivity (Wildman–Crippen MR) is 153 cm³/mol. The third-order valence-corrected chi connectivity index (χ3v) is 7.73. The molecule has 0 amide bonds. The van der Waals surface area contributed by atoms with Gasteiger partial charge in [-0.25, -0.2) is 0 Å². The highest BCUT2D eigenvalue weighted by Gasteiger charge is 2.13. The van der Waals surface area contributed by atoms with Crippen molar-refractivity contribution in [1.82, 2.24) is 0 Å². The Bertz CT molecular complexity index is 530. The molecule has 2 fully saturated rings. The number of rotatable bonds is 0. The lowest BCUT2D eigenvalue weighted by atomic mass is 9.84. The number of benzene rings is 1. The maximum absolute atomic E-state index is 2.37. The van der Waals surface area contributed by atoms with Crippen LogP contribution in [-0.4, -0.2) is 0 Å². The molecule has 1 aromatic carbocycles. The minimum Gasteiger partial charge on any atom is -0.0853 e. The fourth-order valence-electron chi connectivity index (χ4n) is 4.59. The van der Waals surface area contributed by atoms with Crippen LogP contribution in [0.3, 0.4) is 0 Å². The van der Waals surface area contributed by atoms with E-state index in [1.165, 1.54) is 81.8 Å². The summed E-state index contributed by atoms with van der Waals surface area (Å²) in [7, 11) is 0. The van der Waals surface area contributed by atoms with Gasteiger partial charge in [0.2, 0.25) is 0 Å². The molecule has 2 saturated carbocycles. The summed E-state index contributed by atoms with van der Waals surface area (Å²) in [6.45, 7) is 18.2. The van der Waals surface area contributed by atoms with Gasteiger partial charge in [0.1, 0.15) is 0 Å². The van der Waals surface area contributed by atoms with Crippen molar-refractivity contribution in [3.05, 3.63) is 47.0 Å². The molecule has 0 nitrogen and oxygen atoms in total. The van der Waals surface area contributed by atoms with Crippen molar-refractivity contribution in [3.8, 4) is 0 Å². The number of hydrogen-bond acceptors (Lipinski definition) is 0. The summed E-state index contributed by atoms with van der Waals surface area (Å²) in [6, 6.07) is 8.48. The van der Waals surface area contributed by atoms with Gasteiger partial charge in [-0.05, 0) is 69.6 Å². The predicted octanol–water partition coefficient (Wildman–Crippen LogP) is 11.4. The molecule has 0 saturated heterocycles. The van der Waals surface area contributed by atoms with Crippen LogP contribution in [0, 0.1) is 43.4 Å². The van der Waals surface area contributed by atoms with Crippen LogP contribution in [0.5, 0.6) is 0 Å². The summed E-state index contributed by atoms with van der Waals surface area (Å²) in [5.74, 6) is 5.02. The molecule has 0 heterocycles. The summed E-state index contributed by atoms with van der Waals surface area (Å²) in [4.78, 5) is 0. The van der Waals surface area contributed by atoms with Crippen molar-refractivity contribution in [2.24, 2.45) is 29.6 Å². The first-order chi connectivity index (χ1) is 15.2. The highest BCUT2D eigenvalue weighted by Crippen LogP contribution is 2.28. The third kappa shape index (κ3) is 17.1. The van der Waals surface area contributed by atoms with Crippen LogP contribution in [0.1, 0.15) is 131 Å². The molecule has 0 bridgehead atoms. The zero-order valence-electron chi connectivity index (χ0n) is 23.1. The summed E-state index contributed by atoms with van der Waals surface area (Å²) >= 11 is 0. The van der Waals surface area contributed by atoms with Crippen molar-refractivity contribution in [2.45, 2.75) is 133 Å². The Morgan fingerprint density at radius 3 is 1.00 bits per heavy atom. The standard InChI is InChI=1S/2C8H16.C8H14.C8H10.CH4/c4*1-7-3-5-8(2)6-4-7;/h2*7-8H,3-6H2,1-2H3;3,8H,4-6H2,1-2H3;3-6H,1-2H3;1H4. The summed E-state index contributed by atoms with van der Waals surface area (Å²) in [5.41, 5.74) is 4.24. The second-order valence-corrected chi connectivity index (χ2v) is 11.8. The first kappa shape index (κ1) is 32.0. The van der Waals surface area contributed by atoms with Gasteiger partial charge in [-0.1, -0.05) is 140 Å². The molecular weight excluding hydrogens is 396 g/mol. The fraction of sp³-hybridized carbons (Fsp3) is 0.758. The fourth-order valence-corrected chi connectivity index (χ4v) is 4.59. The second kappa shape index (κ2) is 18.3. The summed E-state index contributed by atoms with van der Waals surface area (Å²) in [5, 5.41) is 0. The van der Waals surface area contributed by atoms with Gasteiger partial charge in [-0.3, -0.25) is 0 Å². The Morgan fingerprint density at radius 1 is 0.485 bits per heavy atom. The molecule has 1 atom stereocenters. The second-order valence-electron chi connectivity index (χ2n) is 11.8. The van der Waals surface area contributed by atoms with Crippen LogP contribution in [0.4, 0.5) is 0 Å². The first-order valence-corrected chi connectivity index (χ1v) is 13.8. The zero-order chi connectivity index (χ0) is 23.9. The largest absolute Gasteiger partial charge is 0.0853 e. The van der Waals surface area contributed by atoms with E-state index in [0.29, 0.717) is 0 Å². The van der Waals surface area contributed by atoms with Gasteiger partial charge in [0.25, 0.3) is 0 Å². The monoisotopic (exact) mass is 456 g/mol. The van der Waals surface area contributed by atoms with Crippen LogP contribution in [0.25, 0.3) is 0 Å². The van der Waals surface area contributed by atoms with E-state index >= 15 is 0 Å². The van der Waals surface area contributed by atoms with Gasteiger partial charge >= 0.3 is 0 Å². The molecule has 0 N–H and O–H groups in total. The maximum Gasteiger partial charge on any atom is -0.0320 e. The molecule has 0 aromatic heterocycles. The van der Waals surface area contributed by atoms with Crippen LogP contribution >= 0.6 is 0 Å². The van der Waals surface area contributed by atoms with Gasteiger partial charge < -0.3 is 0 Å². The van der Waals surface area contributed by atoms with E-state index in [1.54, 1.807) is 5.57 Å². The Hall–Kier alpha value is -1.04. The van der Waals surface area contributed by atoms with E-state index in [-0.39, 0.29) is 7.43 Å². The van der Waals surface area contributed by atoms with Crippen LogP contribution in [-0.2, 0) is 0 Å². The smallest absolute Gasteiger partial charge is 0.0320 e. The Kier molecular flexibility index (Phi) is 17.7. The van der Waals surface area contributed by atoms with Crippen LogP contribution in [0.2, 0.25) is 0 Å². The maximum atomic E-state index is 2.37. The first-order valence-electron chi connectivity index (χ1n) is 13.8. The van der Waals surface area contributed by atoms with Crippen molar-refractivity contribution in [1.29, 1.82) is 0 Å². The molecular formula is C33H60. The van der Waals surface area contributed by atoms with Crippen LogP contribution in [0.15, 0.2) is 35.9 Å². The summed E-state index contributed by atoms with van der Waals surface area (Å²) < 4.78 is 0. The molecule has 0 radical (unpaired) electrons. The van der Waals surface area contributed by atoms with Gasteiger partial charge in [0.15, 0.2) is 0 Å². The van der Waals surface area contributed by atoms with Crippen molar-refractivity contribution in [2.75, 3.05) is 0 Å². The summed E-state index contributed by atoms with van der Waals surface area (Å²) in [6.07, 6.45) is 18.2. The highest BCUT2D eigenvalue weighted by molar-refractivity contribution is 5.19. The van der Waals surface area contributed by atoms with Crippen molar-refractivity contribution < 1.29 is 0 Å². The molecule has 1 unspecified atom stereocenters. The van der Waals surface area contributed by atoms with Gasteiger partial charge in [-0.15, -0.1) is 0 Å². The number of aryl methyl sites for hydroxylation is 2. The Balaban J connectivity index is 0.000000410. The van der Waals surface area contributed by atoms with E-state index in [4.69, 9.17) is 0 Å². The van der Waals surface area contributed by atoms with Gasteiger partial charge in [0.05, 0.1) is 0 Å². The normalized spacial score (nSPS) is 28.7. The van der Waals surface area contributed by atoms with E-state index < -0.39 is 0 Å². The number of hydrogen-bond donors (Lipinski definition) is 0. The van der Waals surface area contributed by atoms with Gasteiger partial charge in [-0.2, -0.15) is 0 Å². The number of allylic oxidation sites excluding steroid dienone is 2. The molecule has 0 aliphatic heterocycles.